The Kier molecular flexibility index (Phi) is 5.73. The standard InChI is InChI=1S/C26H21N3O4S/c1-32-21-11-3-2-10-19(21)29-24(23(28-26(29)34)18-9-4-5-14-27-18)22-13-12-20(33-22)16-7-6-8-17(15-16)25(30)31/h2-15,23-24H,1H3,(H,28,34)(H,30,31)/t23-,24-/m0/s1. The van der Waals surface area contributed by atoms with Crippen LogP contribution in [-0.2, 0) is 0 Å². The number of ether oxygens (including phenoxy) is 1. The number of aromatic carboxylic acids is 1. The summed E-state index contributed by atoms with van der Waals surface area (Å²) in [7, 11) is 1.62. The molecular formula is C26H21N3O4S. The monoisotopic (exact) mass is 471 g/mol. The van der Waals surface area contributed by atoms with E-state index in [0.29, 0.717) is 27.9 Å². The van der Waals surface area contributed by atoms with E-state index in [4.69, 9.17) is 21.4 Å². The average Bonchev–Trinajstić information content (AvgIpc) is 3.49. The van der Waals surface area contributed by atoms with Crippen LogP contribution < -0.4 is 15.0 Å². The van der Waals surface area contributed by atoms with Crippen molar-refractivity contribution in [1.29, 1.82) is 0 Å². The average molecular weight is 472 g/mol. The number of para-hydroxylation sites is 2. The van der Waals surface area contributed by atoms with Crippen molar-refractivity contribution in [2.24, 2.45) is 0 Å². The van der Waals surface area contributed by atoms with Crippen molar-refractivity contribution in [3.63, 3.8) is 0 Å². The number of hydrogen-bond acceptors (Lipinski definition) is 5. The second kappa shape index (κ2) is 8.99. The van der Waals surface area contributed by atoms with Gasteiger partial charge in [0.15, 0.2) is 5.11 Å². The summed E-state index contributed by atoms with van der Waals surface area (Å²) in [6, 6.07) is 23.2. The summed E-state index contributed by atoms with van der Waals surface area (Å²) in [6.07, 6.45) is 1.74. The summed E-state index contributed by atoms with van der Waals surface area (Å²) < 4.78 is 11.9. The number of rotatable bonds is 6. The lowest BCUT2D eigenvalue weighted by molar-refractivity contribution is 0.0697. The highest BCUT2D eigenvalue weighted by atomic mass is 32.1. The molecule has 3 heterocycles. The number of aromatic nitrogens is 1. The molecule has 0 spiro atoms. The molecule has 4 aromatic rings. The highest BCUT2D eigenvalue weighted by Crippen LogP contribution is 2.45. The molecule has 5 rings (SSSR count). The Bertz CT molecular complexity index is 1350. The number of nitrogens with zero attached hydrogens (tertiary/aromatic N) is 2. The number of anilines is 1. The maximum Gasteiger partial charge on any atom is 0.335 e. The number of pyridine rings is 1. The third-order valence-electron chi connectivity index (χ3n) is 5.76. The van der Waals surface area contributed by atoms with E-state index >= 15 is 0 Å². The third kappa shape index (κ3) is 3.88. The Balaban J connectivity index is 1.61. The van der Waals surface area contributed by atoms with Crippen LogP contribution in [0.5, 0.6) is 5.75 Å². The summed E-state index contributed by atoms with van der Waals surface area (Å²) in [5.41, 5.74) is 2.49. The van der Waals surface area contributed by atoms with Gasteiger partial charge in [-0.3, -0.25) is 4.98 Å². The van der Waals surface area contributed by atoms with Gasteiger partial charge in [0.25, 0.3) is 0 Å². The lowest BCUT2D eigenvalue weighted by Crippen LogP contribution is -2.29. The lowest BCUT2D eigenvalue weighted by Gasteiger charge is -2.27. The number of thiocarbonyl (C=S) groups is 1. The van der Waals surface area contributed by atoms with Crippen molar-refractivity contribution >= 4 is 29.0 Å². The molecule has 0 unspecified atom stereocenters. The maximum atomic E-state index is 11.4. The molecule has 0 amide bonds. The summed E-state index contributed by atoms with van der Waals surface area (Å²) in [6.45, 7) is 0. The first kappa shape index (κ1) is 21.7. The molecule has 1 saturated heterocycles. The maximum absolute atomic E-state index is 11.4. The van der Waals surface area contributed by atoms with Crippen LogP contribution in [0, 0.1) is 0 Å². The molecule has 1 aliphatic rings. The molecule has 2 atom stereocenters. The van der Waals surface area contributed by atoms with Crippen LogP contribution in [0.15, 0.2) is 89.5 Å². The predicted molar refractivity (Wildman–Crippen MR) is 132 cm³/mol. The zero-order valence-corrected chi connectivity index (χ0v) is 19.0. The molecular weight excluding hydrogens is 450 g/mol. The Hall–Kier alpha value is -4.17. The summed E-state index contributed by atoms with van der Waals surface area (Å²) in [4.78, 5) is 17.9. The molecule has 34 heavy (non-hydrogen) atoms. The fourth-order valence-electron chi connectivity index (χ4n) is 4.20. The molecule has 0 bridgehead atoms. The van der Waals surface area contributed by atoms with Crippen LogP contribution in [-0.4, -0.2) is 28.3 Å². The van der Waals surface area contributed by atoms with Gasteiger partial charge in [-0.05, 0) is 60.7 Å². The van der Waals surface area contributed by atoms with Gasteiger partial charge in [-0.25, -0.2) is 4.79 Å². The second-order valence-electron chi connectivity index (χ2n) is 7.76. The number of benzene rings is 2. The predicted octanol–water partition coefficient (Wildman–Crippen LogP) is 5.23. The van der Waals surface area contributed by atoms with Gasteiger partial charge in [0.1, 0.15) is 23.3 Å². The SMILES string of the molecule is COc1ccccc1N1C(=S)N[C@@H](c2ccccn2)[C@@H]1c1ccc(-c2cccc(C(=O)O)c2)o1. The zero-order valence-electron chi connectivity index (χ0n) is 18.2. The smallest absolute Gasteiger partial charge is 0.335 e. The van der Waals surface area contributed by atoms with Crippen molar-refractivity contribution in [3.8, 4) is 17.1 Å². The van der Waals surface area contributed by atoms with E-state index in [1.165, 1.54) is 0 Å². The van der Waals surface area contributed by atoms with Gasteiger partial charge >= 0.3 is 5.97 Å². The number of hydrogen-bond donors (Lipinski definition) is 2. The van der Waals surface area contributed by atoms with Crippen molar-refractivity contribution in [2.75, 3.05) is 12.0 Å². The minimum absolute atomic E-state index is 0.196. The fraction of sp³-hybridized carbons (Fsp3) is 0.115. The first-order valence-corrected chi connectivity index (χ1v) is 11.0. The fourth-order valence-corrected chi connectivity index (χ4v) is 4.54. The van der Waals surface area contributed by atoms with Gasteiger partial charge in [0.05, 0.1) is 30.1 Å². The van der Waals surface area contributed by atoms with Gasteiger partial charge in [0, 0.05) is 11.8 Å². The van der Waals surface area contributed by atoms with E-state index < -0.39 is 5.97 Å². The van der Waals surface area contributed by atoms with Gasteiger partial charge in [-0.2, -0.15) is 0 Å². The normalized spacial score (nSPS) is 17.4. The third-order valence-corrected chi connectivity index (χ3v) is 6.07. The molecule has 170 valence electrons. The van der Waals surface area contributed by atoms with Crippen LogP contribution in [0.25, 0.3) is 11.3 Å². The molecule has 0 saturated carbocycles. The first-order chi connectivity index (χ1) is 16.6. The summed E-state index contributed by atoms with van der Waals surface area (Å²) >= 11 is 5.75. The van der Waals surface area contributed by atoms with Gasteiger partial charge in [-0.15, -0.1) is 0 Å². The van der Waals surface area contributed by atoms with E-state index in [-0.39, 0.29) is 17.6 Å². The summed E-state index contributed by atoms with van der Waals surface area (Å²) in [5, 5.41) is 13.3. The zero-order chi connectivity index (χ0) is 23.7. The van der Waals surface area contributed by atoms with Crippen molar-refractivity contribution in [1.82, 2.24) is 10.3 Å². The number of furan rings is 1. The molecule has 7 nitrogen and oxygen atoms in total. The second-order valence-corrected chi connectivity index (χ2v) is 8.14. The Labute approximate surface area is 201 Å². The highest BCUT2D eigenvalue weighted by Gasteiger charge is 2.43. The van der Waals surface area contributed by atoms with E-state index in [1.54, 1.807) is 31.5 Å². The van der Waals surface area contributed by atoms with Crippen LogP contribution in [0.3, 0.4) is 0 Å². The van der Waals surface area contributed by atoms with Crippen LogP contribution in [0.1, 0.15) is 33.9 Å². The van der Waals surface area contributed by atoms with Crippen molar-refractivity contribution in [2.45, 2.75) is 12.1 Å². The number of nitrogens with one attached hydrogen (secondary N) is 1. The highest BCUT2D eigenvalue weighted by molar-refractivity contribution is 7.80. The molecule has 1 fully saturated rings. The minimum Gasteiger partial charge on any atom is -0.495 e. The topological polar surface area (TPSA) is 87.8 Å². The molecule has 0 aliphatic carbocycles. The number of methoxy groups -OCH3 is 1. The first-order valence-electron chi connectivity index (χ1n) is 10.6. The van der Waals surface area contributed by atoms with E-state index in [0.717, 1.165) is 11.4 Å². The quantitative estimate of drug-likeness (QED) is 0.370. The molecule has 0 radical (unpaired) electrons. The molecule has 2 aromatic heterocycles. The number of carboxylic acids is 1. The lowest BCUT2D eigenvalue weighted by atomic mass is 10.0. The van der Waals surface area contributed by atoms with Gasteiger partial charge < -0.3 is 24.5 Å². The molecule has 2 N–H and O–H groups in total. The van der Waals surface area contributed by atoms with Gasteiger partial charge in [0.2, 0.25) is 0 Å². The number of carbonyl (C=O) groups is 1. The van der Waals surface area contributed by atoms with E-state index in [1.807, 2.05) is 65.6 Å². The van der Waals surface area contributed by atoms with Crippen molar-refractivity contribution < 1.29 is 19.1 Å². The van der Waals surface area contributed by atoms with E-state index in [2.05, 4.69) is 10.3 Å². The Morgan fingerprint density at radius 2 is 1.91 bits per heavy atom. The number of carboxylic acid groups (broad SMARTS) is 1. The summed E-state index contributed by atoms with van der Waals surface area (Å²) in [5.74, 6) is 0.913. The minimum atomic E-state index is -0.989. The largest absolute Gasteiger partial charge is 0.495 e. The Morgan fingerprint density at radius 3 is 2.68 bits per heavy atom. The van der Waals surface area contributed by atoms with Crippen LogP contribution in [0.4, 0.5) is 5.69 Å². The molecule has 1 aliphatic heterocycles. The van der Waals surface area contributed by atoms with Gasteiger partial charge in [-0.1, -0.05) is 30.3 Å². The van der Waals surface area contributed by atoms with Crippen molar-refractivity contribution in [3.05, 3.63) is 102 Å². The van der Waals surface area contributed by atoms with Crippen LogP contribution >= 0.6 is 12.2 Å². The van der Waals surface area contributed by atoms with E-state index in [9.17, 15) is 9.90 Å². The molecule has 8 heteroatoms. The molecule has 2 aromatic carbocycles. The Morgan fingerprint density at radius 1 is 1.09 bits per heavy atom. The van der Waals surface area contributed by atoms with Crippen LogP contribution in [0.2, 0.25) is 0 Å².